The molecule has 2 aromatic rings. The average molecular weight is 323 g/mol. The van der Waals surface area contributed by atoms with Crippen LogP contribution < -0.4 is 0 Å². The van der Waals surface area contributed by atoms with Crippen LogP contribution in [0.4, 0.5) is 0 Å². The van der Waals surface area contributed by atoms with E-state index in [1.165, 1.54) is 11.3 Å². The van der Waals surface area contributed by atoms with Crippen molar-refractivity contribution in [3.05, 3.63) is 45.1 Å². The lowest BCUT2D eigenvalue weighted by atomic mass is 10.2. The van der Waals surface area contributed by atoms with Gasteiger partial charge >= 0.3 is 0 Å². The summed E-state index contributed by atoms with van der Waals surface area (Å²) in [5.41, 5.74) is 2.43. The summed E-state index contributed by atoms with van der Waals surface area (Å²) < 4.78 is 0. The third-order valence-corrected chi connectivity index (χ3v) is 4.76. The highest BCUT2D eigenvalue weighted by atomic mass is 35.5. The first-order chi connectivity index (χ1) is 10.2. The van der Waals surface area contributed by atoms with Crippen molar-refractivity contribution in [2.45, 2.75) is 20.0 Å². The van der Waals surface area contributed by atoms with Crippen LogP contribution in [0.2, 0.25) is 5.15 Å². The zero-order valence-electron chi connectivity index (χ0n) is 12.1. The van der Waals surface area contributed by atoms with Crippen LogP contribution in [0.3, 0.4) is 0 Å². The van der Waals surface area contributed by atoms with Crippen molar-refractivity contribution in [3.8, 4) is 0 Å². The average Bonchev–Trinajstić information content (AvgIpc) is 2.89. The Bertz CT molecular complexity index is 576. The van der Waals surface area contributed by atoms with Crippen molar-refractivity contribution in [1.82, 2.24) is 19.8 Å². The van der Waals surface area contributed by atoms with Gasteiger partial charge in [0.25, 0.3) is 0 Å². The first-order valence-electron chi connectivity index (χ1n) is 7.15. The number of thiazole rings is 1. The van der Waals surface area contributed by atoms with Crippen LogP contribution in [-0.2, 0) is 13.1 Å². The van der Waals surface area contributed by atoms with Gasteiger partial charge < -0.3 is 0 Å². The fourth-order valence-corrected chi connectivity index (χ4v) is 3.29. The maximum atomic E-state index is 5.82. The number of piperazine rings is 1. The lowest BCUT2D eigenvalue weighted by Gasteiger charge is -2.34. The number of hydrogen-bond donors (Lipinski definition) is 0. The van der Waals surface area contributed by atoms with Crippen molar-refractivity contribution in [2.24, 2.45) is 0 Å². The van der Waals surface area contributed by atoms with E-state index < -0.39 is 0 Å². The van der Waals surface area contributed by atoms with Gasteiger partial charge in [-0.3, -0.25) is 9.80 Å². The summed E-state index contributed by atoms with van der Waals surface area (Å²) in [6, 6.07) is 3.91. The number of pyridine rings is 1. The van der Waals surface area contributed by atoms with E-state index in [4.69, 9.17) is 11.6 Å². The quantitative estimate of drug-likeness (QED) is 0.810. The minimum absolute atomic E-state index is 0.558. The number of aromatic nitrogens is 2. The van der Waals surface area contributed by atoms with Gasteiger partial charge in [-0.05, 0) is 18.6 Å². The molecule has 0 radical (unpaired) electrons. The number of nitrogens with zero attached hydrogens (tertiary/aromatic N) is 4. The molecule has 3 heterocycles. The van der Waals surface area contributed by atoms with Gasteiger partial charge in [0.1, 0.15) is 5.15 Å². The third kappa shape index (κ3) is 4.23. The maximum Gasteiger partial charge on any atom is 0.129 e. The molecule has 0 N–H and O–H groups in total. The number of aryl methyl sites for hydroxylation is 1. The van der Waals surface area contributed by atoms with E-state index in [1.54, 1.807) is 11.3 Å². The van der Waals surface area contributed by atoms with Gasteiger partial charge in [0, 0.05) is 50.8 Å². The van der Waals surface area contributed by atoms with Crippen molar-refractivity contribution in [3.63, 3.8) is 0 Å². The van der Waals surface area contributed by atoms with Gasteiger partial charge in [0.2, 0.25) is 0 Å². The number of rotatable bonds is 4. The van der Waals surface area contributed by atoms with E-state index in [2.05, 4.69) is 38.1 Å². The molecular formula is C15H19ClN4S. The predicted molar refractivity (Wildman–Crippen MR) is 86.7 cm³/mol. The molecule has 0 saturated carbocycles. The van der Waals surface area contributed by atoms with Crippen molar-refractivity contribution >= 4 is 22.9 Å². The van der Waals surface area contributed by atoms with Crippen LogP contribution in [0.15, 0.2) is 23.7 Å². The highest BCUT2D eigenvalue weighted by Crippen LogP contribution is 2.14. The Labute approximate surface area is 134 Å². The zero-order valence-corrected chi connectivity index (χ0v) is 13.7. The highest BCUT2D eigenvalue weighted by molar-refractivity contribution is 7.09. The van der Waals surface area contributed by atoms with Crippen molar-refractivity contribution in [2.75, 3.05) is 26.2 Å². The summed E-state index contributed by atoms with van der Waals surface area (Å²) in [5.74, 6) is 0. The van der Waals surface area contributed by atoms with Gasteiger partial charge in [0.05, 0.1) is 10.7 Å². The van der Waals surface area contributed by atoms with Gasteiger partial charge in [-0.25, -0.2) is 9.97 Å². The first-order valence-corrected chi connectivity index (χ1v) is 8.41. The number of hydrogen-bond acceptors (Lipinski definition) is 5. The molecular weight excluding hydrogens is 304 g/mol. The molecule has 1 aliphatic heterocycles. The Kier molecular flexibility index (Phi) is 4.85. The molecule has 0 aliphatic carbocycles. The predicted octanol–water partition coefficient (Wildman–Crippen LogP) is 2.82. The molecule has 0 aromatic carbocycles. The molecule has 6 heteroatoms. The van der Waals surface area contributed by atoms with Crippen LogP contribution in [-0.4, -0.2) is 45.9 Å². The van der Waals surface area contributed by atoms with Gasteiger partial charge in [-0.2, -0.15) is 0 Å². The summed E-state index contributed by atoms with van der Waals surface area (Å²) in [4.78, 5) is 13.6. The molecule has 0 unspecified atom stereocenters. The van der Waals surface area contributed by atoms with Crippen LogP contribution in [0.1, 0.15) is 16.3 Å². The highest BCUT2D eigenvalue weighted by Gasteiger charge is 2.17. The summed E-state index contributed by atoms with van der Waals surface area (Å²) in [5, 5.41) is 3.88. The Morgan fingerprint density at radius 1 is 1.14 bits per heavy atom. The second kappa shape index (κ2) is 6.83. The van der Waals surface area contributed by atoms with E-state index in [1.807, 2.05) is 12.3 Å². The fourth-order valence-electron chi connectivity index (χ4n) is 2.57. The monoisotopic (exact) mass is 322 g/mol. The molecule has 2 aromatic heterocycles. The zero-order chi connectivity index (χ0) is 14.7. The molecule has 0 atom stereocenters. The first kappa shape index (κ1) is 14.9. The minimum atomic E-state index is 0.558. The summed E-state index contributed by atoms with van der Waals surface area (Å²) >= 11 is 7.55. The van der Waals surface area contributed by atoms with Gasteiger partial charge in [0.15, 0.2) is 0 Å². The second-order valence-corrected chi connectivity index (χ2v) is 6.85. The molecule has 1 aliphatic rings. The second-order valence-electron chi connectivity index (χ2n) is 5.40. The Balaban J connectivity index is 1.47. The topological polar surface area (TPSA) is 32.3 Å². The molecule has 0 bridgehead atoms. The van der Waals surface area contributed by atoms with E-state index in [0.717, 1.165) is 44.3 Å². The molecule has 1 saturated heterocycles. The van der Waals surface area contributed by atoms with Gasteiger partial charge in [-0.1, -0.05) is 17.7 Å². The maximum absolute atomic E-state index is 5.82. The van der Waals surface area contributed by atoms with E-state index >= 15 is 0 Å². The molecule has 4 nitrogen and oxygen atoms in total. The van der Waals surface area contributed by atoms with Crippen LogP contribution in [0.25, 0.3) is 0 Å². The molecule has 112 valence electrons. The summed E-state index contributed by atoms with van der Waals surface area (Å²) in [6.07, 6.45) is 1.87. The summed E-state index contributed by atoms with van der Waals surface area (Å²) in [6.45, 7) is 8.35. The molecule has 3 rings (SSSR count). The smallest absolute Gasteiger partial charge is 0.129 e. The van der Waals surface area contributed by atoms with Crippen molar-refractivity contribution < 1.29 is 0 Å². The standard InChI is InChI=1S/C15H19ClN4S/c1-12-18-14(11-21-12)10-20-6-4-19(5-7-20)9-13-2-3-15(16)17-8-13/h2-3,8,11H,4-7,9-10H2,1H3. The molecule has 0 amide bonds. The van der Waals surface area contributed by atoms with E-state index in [9.17, 15) is 0 Å². The lowest BCUT2D eigenvalue weighted by molar-refractivity contribution is 0.121. The third-order valence-electron chi connectivity index (χ3n) is 3.71. The van der Waals surface area contributed by atoms with Crippen LogP contribution in [0.5, 0.6) is 0 Å². The van der Waals surface area contributed by atoms with Gasteiger partial charge in [-0.15, -0.1) is 11.3 Å². The molecule has 1 fully saturated rings. The summed E-state index contributed by atoms with van der Waals surface area (Å²) in [7, 11) is 0. The Morgan fingerprint density at radius 2 is 1.86 bits per heavy atom. The molecule has 21 heavy (non-hydrogen) atoms. The lowest BCUT2D eigenvalue weighted by Crippen LogP contribution is -2.45. The number of halogens is 1. The molecule has 0 spiro atoms. The van der Waals surface area contributed by atoms with E-state index in [0.29, 0.717) is 5.15 Å². The minimum Gasteiger partial charge on any atom is -0.296 e. The Hall–Kier alpha value is -1.01. The van der Waals surface area contributed by atoms with E-state index in [-0.39, 0.29) is 0 Å². The SMILES string of the molecule is Cc1nc(CN2CCN(Cc3ccc(Cl)nc3)CC2)cs1. The fraction of sp³-hybridized carbons (Fsp3) is 0.467. The van der Waals surface area contributed by atoms with Crippen molar-refractivity contribution in [1.29, 1.82) is 0 Å². The van der Waals surface area contributed by atoms with Crippen LogP contribution in [0, 0.1) is 6.92 Å². The van der Waals surface area contributed by atoms with Crippen LogP contribution >= 0.6 is 22.9 Å². The largest absolute Gasteiger partial charge is 0.296 e. The normalized spacial score (nSPS) is 17.2. The Morgan fingerprint density at radius 3 is 2.43 bits per heavy atom.